The average Bonchev–Trinajstić information content (AvgIpc) is 2.48. The normalized spacial score (nSPS) is 10.2. The lowest BCUT2D eigenvalue weighted by atomic mass is 10.3. The number of amides is 1. The first-order valence-corrected chi connectivity index (χ1v) is 7.23. The van der Waals surface area contributed by atoms with Crippen molar-refractivity contribution in [1.29, 1.82) is 0 Å². The predicted molar refractivity (Wildman–Crippen MR) is 82.9 cm³/mol. The molecule has 1 amide bonds. The topological polar surface area (TPSA) is 66.9 Å². The smallest absolute Gasteiger partial charge is 0.276 e. The van der Waals surface area contributed by atoms with Gasteiger partial charge in [0.05, 0.1) is 5.69 Å². The Morgan fingerprint density at radius 2 is 2.10 bits per heavy atom. The summed E-state index contributed by atoms with van der Waals surface area (Å²) in [5, 5.41) is 13.5. The molecule has 0 aliphatic carbocycles. The monoisotopic (exact) mass is 352 g/mol. The van der Waals surface area contributed by atoms with E-state index in [9.17, 15) is 9.18 Å². The van der Waals surface area contributed by atoms with Crippen LogP contribution in [0.3, 0.4) is 0 Å². The maximum absolute atomic E-state index is 13.0. The number of aromatic nitrogens is 2. The Balaban J connectivity index is 2.06. The van der Waals surface area contributed by atoms with E-state index >= 15 is 0 Å². The first-order chi connectivity index (χ1) is 10.1. The molecule has 0 spiro atoms. The van der Waals surface area contributed by atoms with Gasteiger partial charge in [0.25, 0.3) is 5.91 Å². The molecule has 0 atom stereocenters. The quantitative estimate of drug-likeness (QED) is 0.864. The summed E-state index contributed by atoms with van der Waals surface area (Å²) >= 11 is 3.19. The second-order valence-corrected chi connectivity index (χ2v) is 5.16. The zero-order valence-electron chi connectivity index (χ0n) is 11.4. The van der Waals surface area contributed by atoms with Crippen LogP contribution in [-0.4, -0.2) is 22.6 Å². The Kier molecular flexibility index (Phi) is 5.21. The van der Waals surface area contributed by atoms with Crippen LogP contribution in [0.15, 0.2) is 34.8 Å². The minimum Gasteiger partial charge on any atom is -0.369 e. The van der Waals surface area contributed by atoms with Crippen LogP contribution >= 0.6 is 15.9 Å². The predicted octanol–water partition coefficient (Wildman–Crippen LogP) is 3.45. The van der Waals surface area contributed by atoms with Crippen LogP contribution < -0.4 is 10.6 Å². The van der Waals surface area contributed by atoms with Crippen LogP contribution in [0.1, 0.15) is 23.8 Å². The Morgan fingerprint density at radius 1 is 1.29 bits per heavy atom. The third-order valence-electron chi connectivity index (χ3n) is 2.63. The molecule has 2 rings (SSSR count). The Hall–Kier alpha value is -2.02. The van der Waals surface area contributed by atoms with E-state index in [1.165, 1.54) is 18.2 Å². The summed E-state index contributed by atoms with van der Waals surface area (Å²) in [4.78, 5) is 12.0. The van der Waals surface area contributed by atoms with Gasteiger partial charge < -0.3 is 10.6 Å². The van der Waals surface area contributed by atoms with Gasteiger partial charge in [0, 0.05) is 11.0 Å². The van der Waals surface area contributed by atoms with E-state index in [1.807, 2.05) is 6.92 Å². The minimum atomic E-state index is -0.406. The van der Waals surface area contributed by atoms with Crippen molar-refractivity contribution in [3.05, 3.63) is 46.3 Å². The summed E-state index contributed by atoms with van der Waals surface area (Å²) in [6.07, 6.45) is 0.975. The van der Waals surface area contributed by atoms with Crippen molar-refractivity contribution in [3.8, 4) is 0 Å². The van der Waals surface area contributed by atoms with Crippen LogP contribution in [0.2, 0.25) is 0 Å². The lowest BCUT2D eigenvalue weighted by Crippen LogP contribution is -2.15. The molecule has 2 N–H and O–H groups in total. The molecule has 0 aliphatic rings. The number of anilines is 2. The van der Waals surface area contributed by atoms with E-state index in [4.69, 9.17) is 0 Å². The SMILES string of the molecule is CCCNc1ccc(C(=O)Nc2ccc(F)cc2Br)nn1. The molecule has 7 heteroatoms. The molecular formula is C14H14BrFN4O. The number of hydrogen-bond donors (Lipinski definition) is 2. The van der Waals surface area contributed by atoms with E-state index in [0.29, 0.717) is 16.0 Å². The van der Waals surface area contributed by atoms with Gasteiger partial charge in [0.2, 0.25) is 0 Å². The van der Waals surface area contributed by atoms with Gasteiger partial charge in [-0.2, -0.15) is 0 Å². The molecule has 2 aromatic rings. The number of benzene rings is 1. The van der Waals surface area contributed by atoms with Crippen molar-refractivity contribution in [2.75, 3.05) is 17.2 Å². The third-order valence-corrected chi connectivity index (χ3v) is 3.29. The van der Waals surface area contributed by atoms with Gasteiger partial charge in [-0.25, -0.2) is 4.39 Å². The van der Waals surface area contributed by atoms with Crippen molar-refractivity contribution < 1.29 is 9.18 Å². The lowest BCUT2D eigenvalue weighted by Gasteiger charge is -2.07. The highest BCUT2D eigenvalue weighted by molar-refractivity contribution is 9.10. The molecule has 0 saturated heterocycles. The van der Waals surface area contributed by atoms with Crippen molar-refractivity contribution >= 4 is 33.3 Å². The number of nitrogens with zero attached hydrogens (tertiary/aromatic N) is 2. The van der Waals surface area contributed by atoms with E-state index in [1.54, 1.807) is 12.1 Å². The van der Waals surface area contributed by atoms with E-state index < -0.39 is 5.91 Å². The Labute approximate surface area is 130 Å². The molecule has 0 fully saturated rings. The number of carbonyl (C=O) groups is 1. The van der Waals surface area contributed by atoms with Gasteiger partial charge >= 0.3 is 0 Å². The van der Waals surface area contributed by atoms with Crippen LogP contribution in [0.4, 0.5) is 15.9 Å². The molecule has 1 heterocycles. The van der Waals surface area contributed by atoms with Gasteiger partial charge in [-0.15, -0.1) is 10.2 Å². The summed E-state index contributed by atoms with van der Waals surface area (Å²) < 4.78 is 13.4. The van der Waals surface area contributed by atoms with Gasteiger partial charge in [0.15, 0.2) is 5.69 Å². The molecule has 1 aromatic heterocycles. The highest BCUT2D eigenvalue weighted by Gasteiger charge is 2.11. The highest BCUT2D eigenvalue weighted by Crippen LogP contribution is 2.23. The third kappa shape index (κ3) is 4.22. The van der Waals surface area contributed by atoms with Crippen LogP contribution in [0.5, 0.6) is 0 Å². The fourth-order valence-electron chi connectivity index (χ4n) is 1.58. The van der Waals surface area contributed by atoms with Crippen molar-refractivity contribution in [2.45, 2.75) is 13.3 Å². The minimum absolute atomic E-state index is 0.188. The molecule has 1 aromatic carbocycles. The first kappa shape index (κ1) is 15.4. The summed E-state index contributed by atoms with van der Waals surface area (Å²) in [5.41, 5.74) is 0.657. The van der Waals surface area contributed by atoms with E-state index in [-0.39, 0.29) is 11.5 Å². The largest absolute Gasteiger partial charge is 0.369 e. The van der Waals surface area contributed by atoms with Gasteiger partial charge in [-0.3, -0.25) is 4.79 Å². The van der Waals surface area contributed by atoms with Crippen LogP contribution in [-0.2, 0) is 0 Å². The first-order valence-electron chi connectivity index (χ1n) is 6.44. The fraction of sp³-hybridized carbons (Fsp3) is 0.214. The van der Waals surface area contributed by atoms with Crippen LogP contribution in [0.25, 0.3) is 0 Å². The van der Waals surface area contributed by atoms with Crippen molar-refractivity contribution in [2.24, 2.45) is 0 Å². The standard InChI is InChI=1S/C14H14BrFN4O/c1-2-7-17-13-6-5-12(19-20-13)14(21)18-11-4-3-9(16)8-10(11)15/h3-6,8H,2,7H2,1H3,(H,17,20)(H,18,21). The van der Waals surface area contributed by atoms with Crippen LogP contribution in [0, 0.1) is 5.82 Å². The highest BCUT2D eigenvalue weighted by atomic mass is 79.9. The molecule has 5 nitrogen and oxygen atoms in total. The van der Waals surface area contributed by atoms with Crippen molar-refractivity contribution in [1.82, 2.24) is 10.2 Å². The molecule has 0 bridgehead atoms. The zero-order chi connectivity index (χ0) is 15.2. The summed E-state index contributed by atoms with van der Waals surface area (Å²) in [5.74, 6) is -0.167. The molecule has 0 aliphatic heterocycles. The molecule has 0 unspecified atom stereocenters. The van der Waals surface area contributed by atoms with Gasteiger partial charge in [-0.1, -0.05) is 6.92 Å². The second kappa shape index (κ2) is 7.12. The number of hydrogen-bond acceptors (Lipinski definition) is 4. The van der Waals surface area contributed by atoms with E-state index in [2.05, 4.69) is 36.8 Å². The maximum atomic E-state index is 13.0. The summed E-state index contributed by atoms with van der Waals surface area (Å²) in [7, 11) is 0. The Morgan fingerprint density at radius 3 is 2.71 bits per heavy atom. The number of rotatable bonds is 5. The molecular weight excluding hydrogens is 339 g/mol. The Bertz CT molecular complexity index is 633. The van der Waals surface area contributed by atoms with Crippen molar-refractivity contribution in [3.63, 3.8) is 0 Å². The number of nitrogens with one attached hydrogen (secondary N) is 2. The van der Waals surface area contributed by atoms with Gasteiger partial charge in [0.1, 0.15) is 11.6 Å². The average molecular weight is 353 g/mol. The van der Waals surface area contributed by atoms with E-state index in [0.717, 1.165) is 13.0 Å². The number of carbonyl (C=O) groups excluding carboxylic acids is 1. The molecule has 110 valence electrons. The summed E-state index contributed by atoms with van der Waals surface area (Å²) in [6.45, 7) is 2.84. The number of halogens is 2. The fourth-order valence-corrected chi connectivity index (χ4v) is 2.03. The molecule has 0 saturated carbocycles. The maximum Gasteiger partial charge on any atom is 0.276 e. The second-order valence-electron chi connectivity index (χ2n) is 4.31. The lowest BCUT2D eigenvalue weighted by molar-refractivity contribution is 0.102. The summed E-state index contributed by atoms with van der Waals surface area (Å²) in [6, 6.07) is 7.29. The molecule has 21 heavy (non-hydrogen) atoms. The molecule has 0 radical (unpaired) electrons. The zero-order valence-corrected chi connectivity index (χ0v) is 12.9. The van der Waals surface area contributed by atoms with Gasteiger partial charge in [-0.05, 0) is 52.7 Å².